The Hall–Kier alpha value is -3.77. The van der Waals surface area contributed by atoms with Crippen molar-refractivity contribution in [3.63, 3.8) is 0 Å². The zero-order valence-electron chi connectivity index (χ0n) is 17.0. The summed E-state index contributed by atoms with van der Waals surface area (Å²) in [6.45, 7) is 2.44. The monoisotopic (exact) mass is 418 g/mol. The van der Waals surface area contributed by atoms with Crippen LogP contribution in [0.3, 0.4) is 0 Å². The Morgan fingerprint density at radius 3 is 2.16 bits per heavy atom. The van der Waals surface area contributed by atoms with Crippen molar-refractivity contribution in [2.45, 2.75) is 26.2 Å². The van der Waals surface area contributed by atoms with Crippen LogP contribution in [-0.4, -0.2) is 17.2 Å². The maximum atomic E-state index is 11.7. The van der Waals surface area contributed by atoms with Crippen LogP contribution < -0.4 is 14.2 Å². The standard InChI is InChI=1S/C25H22O6/c1-17(28-15-18-8-4-2-5-9-18)23-24(25(26)27)30-21-13-12-20(14-22(21)31-23)29-16-19-10-6-3-7-11-19/h2-14,17H,15-16H2,1H3,(H,26,27). The highest BCUT2D eigenvalue weighted by Gasteiger charge is 2.31. The molecule has 0 saturated carbocycles. The number of fused-ring (bicyclic) bond motifs is 1. The number of ether oxygens (including phenoxy) is 4. The second-order valence-electron chi connectivity index (χ2n) is 7.02. The van der Waals surface area contributed by atoms with Gasteiger partial charge in [0.15, 0.2) is 17.3 Å². The van der Waals surface area contributed by atoms with Gasteiger partial charge < -0.3 is 24.1 Å². The number of carbonyl (C=O) groups is 1. The highest BCUT2D eigenvalue weighted by Crippen LogP contribution is 2.39. The number of hydrogen-bond donors (Lipinski definition) is 1. The molecule has 3 aromatic rings. The summed E-state index contributed by atoms with van der Waals surface area (Å²) in [7, 11) is 0. The average Bonchev–Trinajstić information content (AvgIpc) is 2.81. The number of hydrogen-bond acceptors (Lipinski definition) is 5. The van der Waals surface area contributed by atoms with Crippen LogP contribution in [0.25, 0.3) is 0 Å². The first-order valence-electron chi connectivity index (χ1n) is 9.89. The lowest BCUT2D eigenvalue weighted by molar-refractivity contribution is -0.135. The lowest BCUT2D eigenvalue weighted by Gasteiger charge is -2.25. The molecule has 4 rings (SSSR count). The van der Waals surface area contributed by atoms with Gasteiger partial charge in [-0.25, -0.2) is 4.79 Å². The van der Waals surface area contributed by atoms with Crippen LogP contribution in [0, 0.1) is 0 Å². The average molecular weight is 418 g/mol. The van der Waals surface area contributed by atoms with Crippen molar-refractivity contribution in [3.8, 4) is 17.2 Å². The van der Waals surface area contributed by atoms with Gasteiger partial charge in [0.25, 0.3) is 5.76 Å². The van der Waals surface area contributed by atoms with Crippen LogP contribution in [0.2, 0.25) is 0 Å². The van der Waals surface area contributed by atoms with E-state index in [2.05, 4.69) is 0 Å². The first kappa shape index (κ1) is 20.5. The summed E-state index contributed by atoms with van der Waals surface area (Å²) in [5, 5.41) is 9.59. The van der Waals surface area contributed by atoms with E-state index < -0.39 is 12.1 Å². The molecule has 0 radical (unpaired) electrons. The van der Waals surface area contributed by atoms with Gasteiger partial charge in [-0.2, -0.15) is 0 Å². The first-order valence-corrected chi connectivity index (χ1v) is 9.89. The van der Waals surface area contributed by atoms with E-state index in [1.54, 1.807) is 25.1 Å². The first-order chi connectivity index (χ1) is 15.1. The minimum absolute atomic E-state index is 0.108. The smallest absolute Gasteiger partial charge is 0.375 e. The Kier molecular flexibility index (Phi) is 6.19. The van der Waals surface area contributed by atoms with E-state index in [1.807, 2.05) is 60.7 Å². The molecule has 0 amide bonds. The molecule has 0 saturated heterocycles. The molecular weight excluding hydrogens is 396 g/mol. The molecular formula is C25H22O6. The van der Waals surface area contributed by atoms with Gasteiger partial charge in [0, 0.05) is 6.07 Å². The lowest BCUT2D eigenvalue weighted by atomic mass is 10.2. The number of benzene rings is 3. The largest absolute Gasteiger partial charge is 0.489 e. The molecule has 1 atom stereocenters. The van der Waals surface area contributed by atoms with Crippen molar-refractivity contribution < 1.29 is 28.8 Å². The predicted molar refractivity (Wildman–Crippen MR) is 114 cm³/mol. The van der Waals surface area contributed by atoms with Gasteiger partial charge in [-0.05, 0) is 30.2 Å². The summed E-state index contributed by atoms with van der Waals surface area (Å²) in [6.07, 6.45) is -0.631. The molecule has 0 bridgehead atoms. The molecule has 3 aromatic carbocycles. The minimum Gasteiger partial charge on any atom is -0.489 e. The zero-order chi connectivity index (χ0) is 21.6. The molecule has 1 aliphatic heterocycles. The normalized spacial score (nSPS) is 13.6. The van der Waals surface area contributed by atoms with Gasteiger partial charge in [-0.1, -0.05) is 60.7 Å². The molecule has 1 heterocycles. The van der Waals surface area contributed by atoms with E-state index in [0.29, 0.717) is 30.5 Å². The number of aliphatic carboxylic acids is 1. The summed E-state index contributed by atoms with van der Waals surface area (Å²) in [5.74, 6) is -0.131. The van der Waals surface area contributed by atoms with Crippen molar-refractivity contribution in [1.29, 1.82) is 0 Å². The Bertz CT molecular complexity index is 1080. The highest BCUT2D eigenvalue weighted by molar-refractivity contribution is 5.86. The van der Waals surface area contributed by atoms with E-state index in [1.165, 1.54) is 0 Å². The molecule has 1 unspecified atom stereocenters. The maximum absolute atomic E-state index is 11.7. The number of carboxylic acid groups (broad SMARTS) is 1. The third-order valence-corrected chi connectivity index (χ3v) is 4.73. The quantitative estimate of drug-likeness (QED) is 0.559. The molecule has 1 N–H and O–H groups in total. The van der Waals surface area contributed by atoms with Gasteiger partial charge in [0.05, 0.1) is 6.61 Å². The summed E-state index contributed by atoms with van der Waals surface area (Å²) in [5.41, 5.74) is 2.01. The van der Waals surface area contributed by atoms with E-state index >= 15 is 0 Å². The molecule has 0 aliphatic carbocycles. The summed E-state index contributed by atoms with van der Waals surface area (Å²) in [6, 6.07) is 24.4. The van der Waals surface area contributed by atoms with Crippen LogP contribution in [0.15, 0.2) is 90.4 Å². The van der Waals surface area contributed by atoms with Crippen LogP contribution in [-0.2, 0) is 22.7 Å². The Balaban J connectivity index is 1.49. The molecule has 158 valence electrons. The molecule has 6 nitrogen and oxygen atoms in total. The van der Waals surface area contributed by atoms with Crippen molar-refractivity contribution in [3.05, 3.63) is 102 Å². The third kappa shape index (κ3) is 5.05. The van der Waals surface area contributed by atoms with E-state index in [4.69, 9.17) is 18.9 Å². The number of carboxylic acids is 1. The van der Waals surface area contributed by atoms with Crippen LogP contribution in [0.4, 0.5) is 0 Å². The molecule has 0 fully saturated rings. The van der Waals surface area contributed by atoms with Crippen molar-refractivity contribution in [1.82, 2.24) is 0 Å². The van der Waals surface area contributed by atoms with Gasteiger partial charge in [-0.3, -0.25) is 0 Å². The molecule has 0 aromatic heterocycles. The lowest BCUT2D eigenvalue weighted by Crippen LogP contribution is -2.26. The van der Waals surface area contributed by atoms with Crippen LogP contribution >= 0.6 is 0 Å². The Labute approximate surface area is 180 Å². The van der Waals surface area contributed by atoms with Crippen LogP contribution in [0.5, 0.6) is 17.2 Å². The van der Waals surface area contributed by atoms with Crippen molar-refractivity contribution >= 4 is 5.97 Å². The van der Waals surface area contributed by atoms with Crippen molar-refractivity contribution in [2.24, 2.45) is 0 Å². The fourth-order valence-corrected chi connectivity index (χ4v) is 3.10. The number of rotatable bonds is 8. The third-order valence-electron chi connectivity index (χ3n) is 4.73. The summed E-state index contributed by atoms with van der Waals surface area (Å²) < 4.78 is 23.2. The van der Waals surface area contributed by atoms with E-state index in [0.717, 1.165) is 11.1 Å². The fourth-order valence-electron chi connectivity index (χ4n) is 3.10. The van der Waals surface area contributed by atoms with Gasteiger partial charge in [0.1, 0.15) is 18.5 Å². The van der Waals surface area contributed by atoms with Crippen LogP contribution in [0.1, 0.15) is 18.1 Å². The Morgan fingerprint density at radius 2 is 1.52 bits per heavy atom. The maximum Gasteiger partial charge on any atom is 0.375 e. The minimum atomic E-state index is -1.22. The second-order valence-corrected chi connectivity index (χ2v) is 7.02. The molecule has 0 spiro atoms. The summed E-state index contributed by atoms with van der Waals surface area (Å²) >= 11 is 0. The van der Waals surface area contributed by atoms with Gasteiger partial charge in [0.2, 0.25) is 0 Å². The molecule has 31 heavy (non-hydrogen) atoms. The van der Waals surface area contributed by atoms with Crippen molar-refractivity contribution in [2.75, 3.05) is 0 Å². The van der Waals surface area contributed by atoms with E-state index in [9.17, 15) is 9.90 Å². The highest BCUT2D eigenvalue weighted by atomic mass is 16.6. The zero-order valence-corrected chi connectivity index (χ0v) is 17.0. The van der Waals surface area contributed by atoms with E-state index in [-0.39, 0.29) is 11.5 Å². The second kappa shape index (κ2) is 9.36. The fraction of sp³-hybridized carbons (Fsp3) is 0.160. The summed E-state index contributed by atoms with van der Waals surface area (Å²) in [4.78, 5) is 11.7. The Morgan fingerprint density at radius 1 is 0.871 bits per heavy atom. The SMILES string of the molecule is CC(OCc1ccccc1)C1=C(C(=O)O)Oc2ccc(OCc3ccccc3)cc2O1. The van der Waals surface area contributed by atoms with Gasteiger partial charge >= 0.3 is 5.97 Å². The van der Waals surface area contributed by atoms with Gasteiger partial charge in [-0.15, -0.1) is 0 Å². The molecule has 1 aliphatic rings. The topological polar surface area (TPSA) is 74.2 Å². The predicted octanol–water partition coefficient (Wildman–Crippen LogP) is 4.94. The molecule has 6 heteroatoms.